The quantitative estimate of drug-likeness (QED) is 0.697. The molecule has 1 heterocycles. The number of nitrogens with one attached hydrogen (secondary N) is 1. The molecule has 108 valence electrons. The number of hydrogen-bond donors (Lipinski definition) is 1. The van der Waals surface area contributed by atoms with Crippen LogP contribution in [0.15, 0.2) is 47.8 Å². The van der Waals surface area contributed by atoms with Crippen LogP contribution in [0.5, 0.6) is 0 Å². The molecule has 0 saturated carbocycles. The van der Waals surface area contributed by atoms with Crippen LogP contribution in [0.2, 0.25) is 5.02 Å². The van der Waals surface area contributed by atoms with E-state index < -0.39 is 0 Å². The van der Waals surface area contributed by atoms with Crippen molar-refractivity contribution in [1.29, 1.82) is 0 Å². The highest BCUT2D eigenvalue weighted by molar-refractivity contribution is 6.33. The minimum Gasteiger partial charge on any atom is -0.378 e. The van der Waals surface area contributed by atoms with Gasteiger partial charge in [-0.05, 0) is 30.3 Å². The maximum Gasteiger partial charge on any atom is 0.271 e. The van der Waals surface area contributed by atoms with E-state index in [0.717, 1.165) is 11.3 Å². The molecule has 2 aromatic rings. The van der Waals surface area contributed by atoms with Crippen molar-refractivity contribution < 1.29 is 4.79 Å². The summed E-state index contributed by atoms with van der Waals surface area (Å²) >= 11 is 6.17. The Morgan fingerprint density at radius 3 is 2.62 bits per heavy atom. The molecule has 5 nitrogen and oxygen atoms in total. The molecule has 0 saturated heterocycles. The highest BCUT2D eigenvalue weighted by atomic mass is 35.5. The second-order valence-corrected chi connectivity index (χ2v) is 4.94. The number of hydrazone groups is 1. The number of amides is 1. The number of rotatable bonds is 4. The monoisotopic (exact) mass is 302 g/mol. The predicted molar refractivity (Wildman–Crippen MR) is 85.1 cm³/mol. The topological polar surface area (TPSA) is 57.6 Å². The lowest BCUT2D eigenvalue weighted by molar-refractivity contribution is 0.0955. The van der Waals surface area contributed by atoms with Gasteiger partial charge in [-0.2, -0.15) is 5.10 Å². The molecule has 0 bridgehead atoms. The van der Waals surface area contributed by atoms with Crippen LogP contribution in [0, 0.1) is 0 Å². The highest BCUT2D eigenvalue weighted by Crippen LogP contribution is 2.21. The normalized spacial score (nSPS) is 10.6. The van der Waals surface area contributed by atoms with Gasteiger partial charge in [0.25, 0.3) is 5.91 Å². The Morgan fingerprint density at radius 2 is 2.00 bits per heavy atom. The first kappa shape index (κ1) is 15.0. The first-order valence-corrected chi connectivity index (χ1v) is 6.66. The summed E-state index contributed by atoms with van der Waals surface area (Å²) in [6, 6.07) is 8.85. The van der Waals surface area contributed by atoms with Crippen LogP contribution in [-0.4, -0.2) is 31.2 Å². The van der Waals surface area contributed by atoms with E-state index in [4.69, 9.17) is 11.6 Å². The number of benzene rings is 1. The smallest absolute Gasteiger partial charge is 0.271 e. The average molecular weight is 303 g/mol. The first-order valence-electron chi connectivity index (χ1n) is 6.28. The fraction of sp³-hybridized carbons (Fsp3) is 0.133. The fourth-order valence-electron chi connectivity index (χ4n) is 1.63. The van der Waals surface area contributed by atoms with E-state index in [2.05, 4.69) is 15.5 Å². The molecular weight excluding hydrogens is 288 g/mol. The van der Waals surface area contributed by atoms with Crippen LogP contribution in [-0.2, 0) is 0 Å². The van der Waals surface area contributed by atoms with Crippen molar-refractivity contribution in [2.45, 2.75) is 0 Å². The van der Waals surface area contributed by atoms with Crippen LogP contribution in [0.4, 0.5) is 5.69 Å². The van der Waals surface area contributed by atoms with E-state index in [-0.39, 0.29) is 5.91 Å². The molecule has 0 aliphatic carbocycles. The van der Waals surface area contributed by atoms with Gasteiger partial charge in [0, 0.05) is 43.3 Å². The molecule has 0 spiro atoms. The van der Waals surface area contributed by atoms with Crippen molar-refractivity contribution in [3.05, 3.63) is 58.9 Å². The van der Waals surface area contributed by atoms with E-state index >= 15 is 0 Å². The van der Waals surface area contributed by atoms with Gasteiger partial charge in [-0.25, -0.2) is 5.43 Å². The Kier molecular flexibility index (Phi) is 4.90. The van der Waals surface area contributed by atoms with Gasteiger partial charge in [0.1, 0.15) is 0 Å². The highest BCUT2D eigenvalue weighted by Gasteiger charge is 2.03. The Morgan fingerprint density at radius 1 is 1.29 bits per heavy atom. The minimum atomic E-state index is -0.297. The van der Waals surface area contributed by atoms with Crippen LogP contribution in [0.1, 0.15) is 15.9 Å². The Balaban J connectivity index is 2.03. The molecular formula is C15H15ClN4O. The number of carbonyl (C=O) groups excluding carboxylic acids is 1. The Labute approximate surface area is 128 Å². The third kappa shape index (κ3) is 4.03. The van der Waals surface area contributed by atoms with Crippen LogP contribution >= 0.6 is 11.6 Å². The molecule has 1 aromatic carbocycles. The second kappa shape index (κ2) is 6.85. The first-order chi connectivity index (χ1) is 10.1. The lowest BCUT2D eigenvalue weighted by atomic mass is 10.2. The molecule has 1 N–H and O–H groups in total. The summed E-state index contributed by atoms with van der Waals surface area (Å²) in [5.41, 5.74) is 4.67. The van der Waals surface area contributed by atoms with Gasteiger partial charge < -0.3 is 4.90 Å². The maximum absolute atomic E-state index is 11.8. The van der Waals surface area contributed by atoms with Crippen molar-refractivity contribution in [3.63, 3.8) is 0 Å². The minimum absolute atomic E-state index is 0.297. The molecule has 1 amide bonds. The van der Waals surface area contributed by atoms with Crippen molar-refractivity contribution in [3.8, 4) is 0 Å². The summed E-state index contributed by atoms with van der Waals surface area (Å²) in [6.45, 7) is 0. The predicted octanol–water partition coefficient (Wildman–Crippen LogP) is 2.56. The molecule has 0 aliphatic heterocycles. The third-order valence-electron chi connectivity index (χ3n) is 2.81. The zero-order valence-corrected chi connectivity index (χ0v) is 12.5. The average Bonchev–Trinajstić information content (AvgIpc) is 2.49. The van der Waals surface area contributed by atoms with Crippen molar-refractivity contribution >= 4 is 29.4 Å². The van der Waals surface area contributed by atoms with E-state index in [1.54, 1.807) is 24.5 Å². The number of aromatic nitrogens is 1. The van der Waals surface area contributed by atoms with Crippen molar-refractivity contribution in [2.75, 3.05) is 19.0 Å². The number of nitrogens with zero attached hydrogens (tertiary/aromatic N) is 3. The largest absolute Gasteiger partial charge is 0.378 e. The Hall–Kier alpha value is -2.40. The van der Waals surface area contributed by atoms with E-state index in [9.17, 15) is 4.79 Å². The van der Waals surface area contributed by atoms with Gasteiger partial charge in [-0.1, -0.05) is 11.6 Å². The molecule has 6 heteroatoms. The number of carbonyl (C=O) groups is 1. The zero-order chi connectivity index (χ0) is 15.2. The molecule has 1 aromatic heterocycles. The zero-order valence-electron chi connectivity index (χ0n) is 11.7. The van der Waals surface area contributed by atoms with Gasteiger partial charge in [-0.15, -0.1) is 0 Å². The van der Waals surface area contributed by atoms with Gasteiger partial charge in [0.2, 0.25) is 0 Å². The van der Waals surface area contributed by atoms with Gasteiger partial charge in [0.15, 0.2) is 0 Å². The molecule has 0 aliphatic rings. The Bertz CT molecular complexity index is 656. The lowest BCUT2D eigenvalue weighted by Gasteiger charge is -2.13. The molecule has 0 fully saturated rings. The van der Waals surface area contributed by atoms with Crippen LogP contribution in [0.3, 0.4) is 0 Å². The van der Waals surface area contributed by atoms with Gasteiger partial charge in [0.05, 0.1) is 11.2 Å². The van der Waals surface area contributed by atoms with Gasteiger partial charge >= 0.3 is 0 Å². The fourth-order valence-corrected chi connectivity index (χ4v) is 1.85. The molecule has 2 rings (SSSR count). The van der Waals surface area contributed by atoms with Crippen molar-refractivity contribution in [1.82, 2.24) is 10.4 Å². The standard InChI is InChI=1S/C15H15ClN4O/c1-20(2)13-4-3-12(14(16)9-13)10-18-19-15(21)11-5-7-17-8-6-11/h3-10H,1-2H3,(H,19,21)/b18-10+. The summed E-state index contributed by atoms with van der Waals surface area (Å²) in [6.07, 6.45) is 4.62. The van der Waals surface area contributed by atoms with Crippen molar-refractivity contribution in [2.24, 2.45) is 5.10 Å². The molecule has 21 heavy (non-hydrogen) atoms. The molecule has 0 atom stereocenters. The van der Waals surface area contributed by atoms with Gasteiger partial charge in [-0.3, -0.25) is 9.78 Å². The van der Waals surface area contributed by atoms with E-state index in [1.165, 1.54) is 6.21 Å². The summed E-state index contributed by atoms with van der Waals surface area (Å²) in [7, 11) is 3.88. The molecule has 0 radical (unpaired) electrons. The molecule has 0 unspecified atom stereocenters. The SMILES string of the molecule is CN(C)c1ccc(/C=N/NC(=O)c2ccncc2)c(Cl)c1. The van der Waals surface area contributed by atoms with E-state index in [0.29, 0.717) is 10.6 Å². The number of hydrogen-bond acceptors (Lipinski definition) is 4. The maximum atomic E-state index is 11.8. The number of pyridine rings is 1. The third-order valence-corrected chi connectivity index (χ3v) is 3.14. The summed E-state index contributed by atoms with van der Waals surface area (Å²) in [5.74, 6) is -0.297. The second-order valence-electron chi connectivity index (χ2n) is 4.54. The summed E-state index contributed by atoms with van der Waals surface area (Å²) in [4.78, 5) is 17.6. The summed E-state index contributed by atoms with van der Waals surface area (Å²) < 4.78 is 0. The van der Waals surface area contributed by atoms with E-state index in [1.807, 2.05) is 37.2 Å². The lowest BCUT2D eigenvalue weighted by Crippen LogP contribution is -2.17. The number of halogens is 1. The number of anilines is 1. The van der Waals surface area contributed by atoms with Crippen LogP contribution in [0.25, 0.3) is 0 Å². The van der Waals surface area contributed by atoms with Crippen LogP contribution < -0.4 is 10.3 Å². The summed E-state index contributed by atoms with van der Waals surface area (Å²) in [5, 5.41) is 4.48.